The Bertz CT molecular complexity index is 434. The number of hydrogen-bond acceptors (Lipinski definition) is 0. The maximum Gasteiger partial charge on any atom is -0.0108 e. The van der Waals surface area contributed by atoms with Crippen LogP contribution < -0.4 is 0 Å². The monoisotopic (exact) mass is 270 g/mol. The molecule has 2 aliphatic rings. The van der Waals surface area contributed by atoms with Gasteiger partial charge >= 0.3 is 0 Å². The van der Waals surface area contributed by atoms with E-state index in [0.717, 1.165) is 0 Å². The van der Waals surface area contributed by atoms with Gasteiger partial charge in [0.2, 0.25) is 0 Å². The molecule has 0 heteroatoms. The fourth-order valence-electron chi connectivity index (χ4n) is 3.16. The molecule has 0 aromatic carbocycles. The molecular weight excluding hydrogens is 240 g/mol. The van der Waals surface area contributed by atoms with E-state index < -0.39 is 0 Å². The first-order valence-electron chi connectivity index (χ1n) is 8.22. The normalized spacial score (nSPS) is 20.2. The minimum absolute atomic E-state index is 1.19. The topological polar surface area (TPSA) is 0 Å². The van der Waals surface area contributed by atoms with Crippen molar-refractivity contribution in [1.82, 2.24) is 0 Å². The van der Waals surface area contributed by atoms with Gasteiger partial charge in [0.15, 0.2) is 0 Å². The van der Waals surface area contributed by atoms with Crippen molar-refractivity contribution in [2.24, 2.45) is 0 Å². The van der Waals surface area contributed by atoms with Gasteiger partial charge in [-0.05, 0) is 79.1 Å². The Hall–Kier alpha value is -1.04. The highest BCUT2D eigenvalue weighted by Crippen LogP contribution is 2.29. The standard InChI is InChI=1S/C20H30/c1-15-9-11-19(13-17(15)3)7-5-6-8-20-12-10-16(2)18(4)14-20/h11-12H,5-10,13-14H2,1-4H3. The fourth-order valence-corrected chi connectivity index (χ4v) is 3.16. The quantitative estimate of drug-likeness (QED) is 0.387. The maximum atomic E-state index is 2.47. The van der Waals surface area contributed by atoms with Crippen LogP contribution in [0.5, 0.6) is 0 Å². The summed E-state index contributed by atoms with van der Waals surface area (Å²) in [6, 6.07) is 0. The molecule has 0 spiro atoms. The van der Waals surface area contributed by atoms with Crippen LogP contribution >= 0.6 is 0 Å². The average Bonchev–Trinajstić information content (AvgIpc) is 2.42. The molecule has 0 bridgehead atoms. The molecule has 110 valence electrons. The third-order valence-electron chi connectivity index (χ3n) is 5.08. The van der Waals surface area contributed by atoms with Gasteiger partial charge in [0, 0.05) is 0 Å². The molecule has 2 aliphatic carbocycles. The van der Waals surface area contributed by atoms with Crippen LogP contribution in [0.1, 0.15) is 79.1 Å². The van der Waals surface area contributed by atoms with Crippen molar-refractivity contribution in [2.75, 3.05) is 0 Å². The predicted molar refractivity (Wildman–Crippen MR) is 89.9 cm³/mol. The molecule has 20 heavy (non-hydrogen) atoms. The lowest BCUT2D eigenvalue weighted by atomic mass is 9.88. The van der Waals surface area contributed by atoms with Crippen LogP contribution in [0.4, 0.5) is 0 Å². The summed E-state index contributed by atoms with van der Waals surface area (Å²) in [6.45, 7) is 9.14. The molecule has 0 amide bonds. The Morgan fingerprint density at radius 1 is 0.650 bits per heavy atom. The van der Waals surface area contributed by atoms with Gasteiger partial charge in [-0.3, -0.25) is 0 Å². The Balaban J connectivity index is 1.66. The Morgan fingerprint density at radius 3 is 1.40 bits per heavy atom. The molecule has 0 aliphatic heterocycles. The molecule has 0 aromatic rings. The summed E-state index contributed by atoms with van der Waals surface area (Å²) in [5.74, 6) is 0. The zero-order valence-corrected chi connectivity index (χ0v) is 13.8. The number of unbranched alkanes of at least 4 members (excludes halogenated alkanes) is 1. The summed E-state index contributed by atoms with van der Waals surface area (Å²) in [5.41, 5.74) is 9.73. The van der Waals surface area contributed by atoms with Crippen molar-refractivity contribution in [1.29, 1.82) is 0 Å². The van der Waals surface area contributed by atoms with Gasteiger partial charge in [0.25, 0.3) is 0 Å². The molecule has 0 heterocycles. The van der Waals surface area contributed by atoms with Crippen molar-refractivity contribution in [3.63, 3.8) is 0 Å². The highest BCUT2D eigenvalue weighted by atomic mass is 14.2. The van der Waals surface area contributed by atoms with E-state index >= 15 is 0 Å². The van der Waals surface area contributed by atoms with Crippen molar-refractivity contribution >= 4 is 0 Å². The molecule has 0 aromatic heterocycles. The maximum absolute atomic E-state index is 2.47. The summed E-state index contributed by atoms with van der Waals surface area (Å²) in [7, 11) is 0. The van der Waals surface area contributed by atoms with Crippen molar-refractivity contribution < 1.29 is 0 Å². The van der Waals surface area contributed by atoms with E-state index in [1.165, 1.54) is 51.4 Å². The van der Waals surface area contributed by atoms with Crippen LogP contribution in [0, 0.1) is 0 Å². The fraction of sp³-hybridized carbons (Fsp3) is 0.600. The molecular formula is C20H30. The molecule has 0 radical (unpaired) electrons. The van der Waals surface area contributed by atoms with E-state index in [1.54, 1.807) is 33.4 Å². The smallest absolute Gasteiger partial charge is 0.0108 e. The minimum Gasteiger partial charge on any atom is -0.0809 e. The second kappa shape index (κ2) is 7.11. The summed E-state index contributed by atoms with van der Waals surface area (Å²) < 4.78 is 0. The second-order valence-electron chi connectivity index (χ2n) is 6.81. The third kappa shape index (κ3) is 4.23. The number of rotatable bonds is 5. The number of allylic oxidation sites excluding steroid dienone is 8. The van der Waals surface area contributed by atoms with Gasteiger partial charge in [-0.2, -0.15) is 0 Å². The largest absolute Gasteiger partial charge is 0.0809 e. The van der Waals surface area contributed by atoms with Crippen LogP contribution in [0.25, 0.3) is 0 Å². The van der Waals surface area contributed by atoms with Crippen molar-refractivity contribution in [3.05, 3.63) is 45.6 Å². The minimum atomic E-state index is 1.19. The van der Waals surface area contributed by atoms with Gasteiger partial charge in [0.05, 0.1) is 0 Å². The molecule has 0 saturated heterocycles. The zero-order chi connectivity index (χ0) is 14.5. The Labute approximate surface area is 125 Å². The lowest BCUT2D eigenvalue weighted by Gasteiger charge is -2.18. The lowest BCUT2D eigenvalue weighted by Crippen LogP contribution is -1.98. The average molecular weight is 270 g/mol. The van der Waals surface area contributed by atoms with E-state index in [4.69, 9.17) is 0 Å². The first-order valence-corrected chi connectivity index (χ1v) is 8.22. The van der Waals surface area contributed by atoms with E-state index in [9.17, 15) is 0 Å². The van der Waals surface area contributed by atoms with Crippen molar-refractivity contribution in [2.45, 2.75) is 79.1 Å². The summed E-state index contributed by atoms with van der Waals surface area (Å²) >= 11 is 0. The summed E-state index contributed by atoms with van der Waals surface area (Å²) in [5, 5.41) is 0. The van der Waals surface area contributed by atoms with Crippen LogP contribution in [0.2, 0.25) is 0 Å². The zero-order valence-electron chi connectivity index (χ0n) is 13.8. The summed E-state index contributed by atoms with van der Waals surface area (Å²) in [4.78, 5) is 0. The van der Waals surface area contributed by atoms with E-state index in [0.29, 0.717) is 0 Å². The van der Waals surface area contributed by atoms with Gasteiger partial charge in [0.1, 0.15) is 0 Å². The Kier molecular flexibility index (Phi) is 5.46. The molecule has 0 N–H and O–H groups in total. The molecule has 0 fully saturated rings. The van der Waals surface area contributed by atoms with Gasteiger partial charge < -0.3 is 0 Å². The molecule has 0 nitrogen and oxygen atoms in total. The lowest BCUT2D eigenvalue weighted by molar-refractivity contribution is 0.695. The first kappa shape index (κ1) is 15.4. The van der Waals surface area contributed by atoms with E-state index in [-0.39, 0.29) is 0 Å². The number of hydrogen-bond donors (Lipinski definition) is 0. The van der Waals surface area contributed by atoms with Crippen molar-refractivity contribution in [3.8, 4) is 0 Å². The van der Waals surface area contributed by atoms with Crippen LogP contribution in [0.15, 0.2) is 45.6 Å². The van der Waals surface area contributed by atoms with Gasteiger partial charge in [-0.15, -0.1) is 0 Å². The highest BCUT2D eigenvalue weighted by molar-refractivity contribution is 5.27. The van der Waals surface area contributed by atoms with Gasteiger partial charge in [-0.1, -0.05) is 45.6 Å². The van der Waals surface area contributed by atoms with E-state index in [2.05, 4.69) is 39.8 Å². The molecule has 2 rings (SSSR count). The first-order chi connectivity index (χ1) is 9.56. The third-order valence-corrected chi connectivity index (χ3v) is 5.08. The van der Waals surface area contributed by atoms with Crippen LogP contribution in [0.3, 0.4) is 0 Å². The predicted octanol–water partition coefficient (Wildman–Crippen LogP) is 6.66. The van der Waals surface area contributed by atoms with Gasteiger partial charge in [-0.25, -0.2) is 0 Å². The second-order valence-corrected chi connectivity index (χ2v) is 6.81. The summed E-state index contributed by atoms with van der Waals surface area (Å²) in [6.07, 6.45) is 15.1. The molecule has 0 unspecified atom stereocenters. The molecule has 0 saturated carbocycles. The SMILES string of the molecule is CC1=C(C)CC(CCCCC2=CCC(C)=C(C)C2)=CC1. The highest BCUT2D eigenvalue weighted by Gasteiger charge is 2.09. The van der Waals surface area contributed by atoms with Crippen LogP contribution in [-0.2, 0) is 0 Å². The Morgan fingerprint density at radius 2 is 1.05 bits per heavy atom. The van der Waals surface area contributed by atoms with E-state index in [1.807, 2.05) is 0 Å². The molecule has 0 atom stereocenters. The van der Waals surface area contributed by atoms with Crippen LogP contribution in [-0.4, -0.2) is 0 Å².